The minimum Gasteiger partial charge on any atom is -0.492 e. The van der Waals surface area contributed by atoms with Gasteiger partial charge in [-0.3, -0.25) is 4.79 Å². The van der Waals surface area contributed by atoms with Gasteiger partial charge in [0.15, 0.2) is 0 Å². The molecule has 110 valence electrons. The lowest BCUT2D eigenvalue weighted by Gasteiger charge is -2.11. The molecule has 0 aliphatic heterocycles. The van der Waals surface area contributed by atoms with Gasteiger partial charge in [0.25, 0.3) is 0 Å². The number of methoxy groups -OCH3 is 1. The molecule has 1 aromatic heterocycles. The summed E-state index contributed by atoms with van der Waals surface area (Å²) in [4.78, 5) is 15.7. The van der Waals surface area contributed by atoms with Gasteiger partial charge < -0.3 is 14.0 Å². The molecule has 1 aliphatic rings. The van der Waals surface area contributed by atoms with Crippen molar-refractivity contribution in [3.05, 3.63) is 48.0 Å². The fourth-order valence-corrected chi connectivity index (χ4v) is 2.76. The molecular weight excluding hydrogens is 268 g/mol. The number of ether oxygens (including phenoxy) is 2. The van der Waals surface area contributed by atoms with Crippen LogP contribution in [-0.2, 0) is 22.5 Å². The van der Waals surface area contributed by atoms with Crippen molar-refractivity contribution < 1.29 is 14.3 Å². The van der Waals surface area contributed by atoms with Crippen molar-refractivity contribution in [1.29, 1.82) is 0 Å². The summed E-state index contributed by atoms with van der Waals surface area (Å²) in [6.07, 6.45) is 7.15. The molecule has 2 aromatic rings. The van der Waals surface area contributed by atoms with Crippen LogP contribution in [0.15, 0.2) is 36.9 Å². The smallest absolute Gasteiger partial charge is 0.313 e. The molecule has 21 heavy (non-hydrogen) atoms. The predicted octanol–water partition coefficient (Wildman–Crippen LogP) is 2.16. The van der Waals surface area contributed by atoms with E-state index in [9.17, 15) is 4.79 Å². The van der Waals surface area contributed by atoms with E-state index in [1.165, 1.54) is 12.7 Å². The van der Waals surface area contributed by atoms with Crippen molar-refractivity contribution in [3.8, 4) is 5.75 Å². The molecule has 0 amide bonds. The SMILES string of the molecule is COC(=O)C1CCc2cc(OCCn3ccnc3)ccc21. The molecule has 0 radical (unpaired) electrons. The Morgan fingerprint density at radius 1 is 1.48 bits per heavy atom. The highest BCUT2D eigenvalue weighted by Crippen LogP contribution is 2.35. The number of esters is 1. The van der Waals surface area contributed by atoms with Gasteiger partial charge in [0.2, 0.25) is 0 Å². The summed E-state index contributed by atoms with van der Waals surface area (Å²) in [6, 6.07) is 5.94. The summed E-state index contributed by atoms with van der Waals surface area (Å²) in [5.41, 5.74) is 2.26. The number of benzene rings is 1. The molecule has 0 saturated carbocycles. The molecule has 5 nitrogen and oxygen atoms in total. The molecule has 0 N–H and O–H groups in total. The standard InChI is InChI=1S/C16H18N2O3/c1-20-16(19)15-4-2-12-10-13(3-5-14(12)15)21-9-8-18-7-6-17-11-18/h3,5-7,10-11,15H,2,4,8-9H2,1H3. The molecule has 1 aliphatic carbocycles. The Hall–Kier alpha value is -2.30. The number of aromatic nitrogens is 2. The van der Waals surface area contributed by atoms with Crippen LogP contribution in [0, 0.1) is 0 Å². The molecular formula is C16H18N2O3. The Morgan fingerprint density at radius 2 is 2.38 bits per heavy atom. The molecule has 0 saturated heterocycles. The number of hydrogen-bond acceptors (Lipinski definition) is 4. The average Bonchev–Trinajstić information content (AvgIpc) is 3.15. The number of carbonyl (C=O) groups excluding carboxylic acids is 1. The quantitative estimate of drug-likeness (QED) is 0.790. The first kappa shape index (κ1) is 13.7. The molecule has 1 unspecified atom stereocenters. The molecule has 5 heteroatoms. The first-order chi connectivity index (χ1) is 10.3. The van der Waals surface area contributed by atoms with Gasteiger partial charge >= 0.3 is 5.97 Å². The molecule has 0 fully saturated rings. The summed E-state index contributed by atoms with van der Waals surface area (Å²) in [5, 5.41) is 0. The molecule has 1 atom stereocenters. The van der Waals surface area contributed by atoms with Crippen molar-refractivity contribution in [2.75, 3.05) is 13.7 Å². The maximum atomic E-state index is 11.7. The summed E-state index contributed by atoms with van der Waals surface area (Å²) in [7, 11) is 1.44. The van der Waals surface area contributed by atoms with E-state index in [0.29, 0.717) is 6.61 Å². The summed E-state index contributed by atoms with van der Waals surface area (Å²) in [5.74, 6) is 0.576. The van der Waals surface area contributed by atoms with Crippen molar-refractivity contribution in [2.24, 2.45) is 0 Å². The maximum Gasteiger partial charge on any atom is 0.313 e. The normalized spacial score (nSPS) is 16.5. The summed E-state index contributed by atoms with van der Waals surface area (Å²) >= 11 is 0. The van der Waals surface area contributed by atoms with E-state index in [0.717, 1.165) is 30.7 Å². The van der Waals surface area contributed by atoms with Crippen molar-refractivity contribution >= 4 is 5.97 Å². The van der Waals surface area contributed by atoms with Gasteiger partial charge in [-0.05, 0) is 36.1 Å². The van der Waals surface area contributed by atoms with E-state index in [2.05, 4.69) is 4.98 Å². The Bertz CT molecular complexity index is 622. The number of fused-ring (bicyclic) bond motifs is 1. The van der Waals surface area contributed by atoms with Gasteiger partial charge in [0.05, 0.1) is 25.9 Å². The Balaban J connectivity index is 1.63. The largest absolute Gasteiger partial charge is 0.492 e. The van der Waals surface area contributed by atoms with Crippen molar-refractivity contribution in [1.82, 2.24) is 9.55 Å². The third-order valence-corrected chi connectivity index (χ3v) is 3.86. The number of aryl methyl sites for hydroxylation is 1. The monoisotopic (exact) mass is 286 g/mol. The third kappa shape index (κ3) is 2.91. The van der Waals surface area contributed by atoms with Gasteiger partial charge in [-0.1, -0.05) is 6.07 Å². The van der Waals surface area contributed by atoms with E-state index in [1.807, 2.05) is 29.0 Å². The Labute approximate surface area is 123 Å². The fourth-order valence-electron chi connectivity index (χ4n) is 2.76. The minimum absolute atomic E-state index is 0.120. The zero-order chi connectivity index (χ0) is 14.7. The van der Waals surface area contributed by atoms with Gasteiger partial charge in [0.1, 0.15) is 12.4 Å². The lowest BCUT2D eigenvalue weighted by atomic mass is 10.0. The molecule has 0 spiro atoms. The third-order valence-electron chi connectivity index (χ3n) is 3.86. The van der Waals surface area contributed by atoms with Crippen LogP contribution in [0.5, 0.6) is 5.75 Å². The molecule has 1 heterocycles. The van der Waals surface area contributed by atoms with E-state index >= 15 is 0 Å². The number of nitrogens with zero attached hydrogens (tertiary/aromatic N) is 2. The highest BCUT2D eigenvalue weighted by molar-refractivity contribution is 5.79. The van der Waals surface area contributed by atoms with Crippen LogP contribution in [0.1, 0.15) is 23.5 Å². The molecule has 3 rings (SSSR count). The zero-order valence-electron chi connectivity index (χ0n) is 12.0. The van der Waals surface area contributed by atoms with Crippen LogP contribution >= 0.6 is 0 Å². The van der Waals surface area contributed by atoms with Crippen LogP contribution in [0.4, 0.5) is 0 Å². The number of hydrogen-bond donors (Lipinski definition) is 0. The van der Waals surface area contributed by atoms with Crippen LogP contribution in [0.3, 0.4) is 0 Å². The second-order valence-corrected chi connectivity index (χ2v) is 5.12. The van der Waals surface area contributed by atoms with Crippen molar-refractivity contribution in [3.63, 3.8) is 0 Å². The van der Waals surface area contributed by atoms with E-state index in [-0.39, 0.29) is 11.9 Å². The minimum atomic E-state index is -0.150. The lowest BCUT2D eigenvalue weighted by molar-refractivity contribution is -0.142. The highest BCUT2D eigenvalue weighted by atomic mass is 16.5. The molecule has 1 aromatic carbocycles. The van der Waals surface area contributed by atoms with Crippen LogP contribution < -0.4 is 4.74 Å². The van der Waals surface area contributed by atoms with Crippen LogP contribution in [0.2, 0.25) is 0 Å². The maximum absolute atomic E-state index is 11.7. The average molecular weight is 286 g/mol. The topological polar surface area (TPSA) is 53.4 Å². The van der Waals surface area contributed by atoms with Crippen LogP contribution in [-0.4, -0.2) is 29.2 Å². The van der Waals surface area contributed by atoms with Gasteiger partial charge in [-0.25, -0.2) is 4.98 Å². The molecule has 0 bridgehead atoms. The lowest BCUT2D eigenvalue weighted by Crippen LogP contribution is -2.11. The Morgan fingerprint density at radius 3 is 3.14 bits per heavy atom. The van der Waals surface area contributed by atoms with Gasteiger partial charge in [-0.2, -0.15) is 0 Å². The van der Waals surface area contributed by atoms with Crippen molar-refractivity contribution in [2.45, 2.75) is 25.3 Å². The second-order valence-electron chi connectivity index (χ2n) is 5.12. The van der Waals surface area contributed by atoms with Crippen LogP contribution in [0.25, 0.3) is 0 Å². The highest BCUT2D eigenvalue weighted by Gasteiger charge is 2.29. The van der Waals surface area contributed by atoms with E-state index in [4.69, 9.17) is 9.47 Å². The summed E-state index contributed by atoms with van der Waals surface area (Å²) in [6.45, 7) is 1.36. The first-order valence-corrected chi connectivity index (χ1v) is 7.07. The zero-order valence-corrected chi connectivity index (χ0v) is 12.0. The van der Waals surface area contributed by atoms with Gasteiger partial charge in [0, 0.05) is 12.4 Å². The Kier molecular flexibility index (Phi) is 3.90. The number of rotatable bonds is 5. The van der Waals surface area contributed by atoms with E-state index < -0.39 is 0 Å². The summed E-state index contributed by atoms with van der Waals surface area (Å²) < 4.78 is 12.6. The first-order valence-electron chi connectivity index (χ1n) is 7.07. The second kappa shape index (κ2) is 5.99. The number of carbonyl (C=O) groups is 1. The fraction of sp³-hybridized carbons (Fsp3) is 0.375. The van der Waals surface area contributed by atoms with E-state index in [1.54, 1.807) is 12.5 Å². The van der Waals surface area contributed by atoms with Gasteiger partial charge in [-0.15, -0.1) is 0 Å². The predicted molar refractivity (Wildman–Crippen MR) is 77.2 cm³/mol. The number of imidazole rings is 1.